The molecule has 14 aromatic rings. The number of thiophene rings is 1. The van der Waals surface area contributed by atoms with E-state index in [9.17, 15) is 0 Å². The van der Waals surface area contributed by atoms with Crippen LogP contribution in [0, 0.1) is 0 Å². The van der Waals surface area contributed by atoms with Gasteiger partial charge in [-0.15, -0.1) is 11.3 Å². The van der Waals surface area contributed by atoms with E-state index in [1.165, 1.54) is 74.6 Å². The highest BCUT2D eigenvalue weighted by atomic mass is 32.1. The Labute approximate surface area is 408 Å². The van der Waals surface area contributed by atoms with Crippen LogP contribution in [0.3, 0.4) is 0 Å². The molecule has 0 bridgehead atoms. The quantitative estimate of drug-likeness (QED) is 0.160. The summed E-state index contributed by atoms with van der Waals surface area (Å²) in [5.41, 5.74) is 13.3. The fourth-order valence-corrected chi connectivity index (χ4v) is 11.5. The largest absolute Gasteiger partial charge is 0.309 e. The first-order valence-electron chi connectivity index (χ1n) is 23.7. The maximum absolute atomic E-state index is 5.23. The maximum Gasteiger partial charge on any atom is 0.164 e. The van der Waals surface area contributed by atoms with E-state index in [2.05, 4.69) is 247 Å². The zero-order chi connectivity index (χ0) is 46.1. The zero-order valence-electron chi connectivity index (χ0n) is 37.8. The van der Waals surface area contributed by atoms with Gasteiger partial charge in [-0.2, -0.15) is 0 Å². The van der Waals surface area contributed by atoms with Gasteiger partial charge >= 0.3 is 0 Å². The molecule has 11 aromatic carbocycles. The molecule has 0 saturated heterocycles. The van der Waals surface area contributed by atoms with Crippen LogP contribution in [0.25, 0.3) is 137 Å². The second kappa shape index (κ2) is 16.3. The average Bonchev–Trinajstić information content (AvgIpc) is 3.98. The smallest absolute Gasteiger partial charge is 0.164 e. The van der Waals surface area contributed by atoms with Gasteiger partial charge in [0.05, 0.1) is 11.0 Å². The highest BCUT2D eigenvalue weighted by Gasteiger charge is 2.17. The minimum absolute atomic E-state index is 0.627. The molecule has 14 rings (SSSR count). The molecule has 3 heterocycles. The van der Waals surface area contributed by atoms with Crippen LogP contribution >= 0.6 is 11.3 Å². The third-order valence-corrected chi connectivity index (χ3v) is 15.0. The van der Waals surface area contributed by atoms with E-state index in [-0.39, 0.29) is 0 Å². The number of hydrogen-bond donors (Lipinski definition) is 0. The molecule has 0 aliphatic carbocycles. The third kappa shape index (κ3) is 6.86. The molecule has 0 unspecified atom stereocenters. The van der Waals surface area contributed by atoms with Crippen LogP contribution in [0.1, 0.15) is 0 Å². The first kappa shape index (κ1) is 40.1. The average molecular weight is 909 g/mol. The van der Waals surface area contributed by atoms with E-state index in [0.717, 1.165) is 44.6 Å². The van der Waals surface area contributed by atoms with Crippen molar-refractivity contribution in [1.29, 1.82) is 0 Å². The summed E-state index contributed by atoms with van der Waals surface area (Å²) in [4.78, 5) is 15.7. The molecule has 0 saturated carbocycles. The second-order valence-corrected chi connectivity index (χ2v) is 19.1. The van der Waals surface area contributed by atoms with Gasteiger partial charge in [0.25, 0.3) is 0 Å². The van der Waals surface area contributed by atoms with Crippen molar-refractivity contribution >= 4 is 74.9 Å². The third-order valence-electron chi connectivity index (χ3n) is 13.8. The van der Waals surface area contributed by atoms with E-state index in [0.29, 0.717) is 17.5 Å². The number of para-hydroxylation sites is 2. The molecule has 0 fully saturated rings. The van der Waals surface area contributed by atoms with Crippen LogP contribution in [0.2, 0.25) is 0 Å². The van der Waals surface area contributed by atoms with Crippen molar-refractivity contribution in [3.63, 3.8) is 0 Å². The van der Waals surface area contributed by atoms with Gasteiger partial charge < -0.3 is 4.57 Å². The van der Waals surface area contributed by atoms with Crippen LogP contribution in [-0.2, 0) is 0 Å². The number of rotatable bonds is 7. The molecule has 0 aliphatic rings. The highest BCUT2D eigenvalue weighted by Crippen LogP contribution is 2.39. The summed E-state index contributed by atoms with van der Waals surface area (Å²) < 4.78 is 4.83. The molecule has 3 aromatic heterocycles. The Balaban J connectivity index is 0.844. The SMILES string of the molecule is c1ccc(-n2c3ccccc3c3cc(-c4ccc(-c5nc(-c6cccc(-c7ccc8cc(-c9cccc%10ccccc9%10)ccc8c7)c6)nc(-c6ccc7c(c6)sc6ccccc67)n5)cc4)ccc32)cc1. The Bertz CT molecular complexity index is 4350. The summed E-state index contributed by atoms with van der Waals surface area (Å²) in [6.45, 7) is 0. The van der Waals surface area contributed by atoms with Crippen LogP contribution in [0.15, 0.2) is 243 Å². The first-order chi connectivity index (χ1) is 34.6. The lowest BCUT2D eigenvalue weighted by Gasteiger charge is -2.11. The maximum atomic E-state index is 5.23. The van der Waals surface area contributed by atoms with Gasteiger partial charge in [-0.3, -0.25) is 0 Å². The fourth-order valence-electron chi connectivity index (χ4n) is 10.4. The number of benzene rings is 11. The molecule has 0 spiro atoms. The molecule has 0 atom stereocenters. The van der Waals surface area contributed by atoms with Gasteiger partial charge in [-0.05, 0) is 116 Å². The fraction of sp³-hybridized carbons (Fsp3) is 0. The van der Waals surface area contributed by atoms with Crippen LogP contribution < -0.4 is 0 Å². The van der Waals surface area contributed by atoms with Crippen molar-refractivity contribution in [2.24, 2.45) is 0 Å². The molecular formula is C65H40N4S. The minimum Gasteiger partial charge on any atom is -0.309 e. The normalized spacial score (nSPS) is 11.7. The van der Waals surface area contributed by atoms with Gasteiger partial charge in [0, 0.05) is 53.3 Å². The van der Waals surface area contributed by atoms with Crippen LogP contribution in [-0.4, -0.2) is 19.5 Å². The predicted octanol–water partition coefficient (Wildman–Crippen LogP) is 17.6. The zero-order valence-corrected chi connectivity index (χ0v) is 38.6. The lowest BCUT2D eigenvalue weighted by Crippen LogP contribution is -2.00. The summed E-state index contributed by atoms with van der Waals surface area (Å²) in [5, 5.41) is 9.86. The second-order valence-electron chi connectivity index (χ2n) is 18.0. The number of aromatic nitrogens is 4. The monoisotopic (exact) mass is 908 g/mol. The Morgan fingerprint density at radius 3 is 1.66 bits per heavy atom. The van der Waals surface area contributed by atoms with E-state index in [1.54, 1.807) is 11.3 Å². The molecule has 0 N–H and O–H groups in total. The molecule has 5 heteroatoms. The Kier molecular flexibility index (Phi) is 9.36. The number of hydrogen-bond acceptors (Lipinski definition) is 4. The van der Waals surface area contributed by atoms with Crippen molar-refractivity contribution in [3.05, 3.63) is 243 Å². The van der Waals surface area contributed by atoms with Gasteiger partial charge in [-0.25, -0.2) is 15.0 Å². The van der Waals surface area contributed by atoms with Crippen LogP contribution in [0.4, 0.5) is 0 Å². The molecule has 0 radical (unpaired) electrons. The number of fused-ring (bicyclic) bond motifs is 8. The summed E-state index contributed by atoms with van der Waals surface area (Å²) in [5.74, 6) is 1.90. The highest BCUT2D eigenvalue weighted by molar-refractivity contribution is 7.25. The summed E-state index contributed by atoms with van der Waals surface area (Å²) in [6.07, 6.45) is 0. The molecule has 0 amide bonds. The van der Waals surface area contributed by atoms with Gasteiger partial charge in [0.1, 0.15) is 0 Å². The van der Waals surface area contributed by atoms with E-state index in [1.807, 2.05) is 0 Å². The molecule has 326 valence electrons. The van der Waals surface area contributed by atoms with Gasteiger partial charge in [0.15, 0.2) is 17.5 Å². The van der Waals surface area contributed by atoms with E-state index >= 15 is 0 Å². The van der Waals surface area contributed by atoms with Crippen molar-refractivity contribution in [3.8, 4) is 73.2 Å². The topological polar surface area (TPSA) is 43.6 Å². The Morgan fingerprint density at radius 1 is 0.271 bits per heavy atom. The molecule has 70 heavy (non-hydrogen) atoms. The number of nitrogens with zero attached hydrogens (tertiary/aromatic N) is 4. The predicted molar refractivity (Wildman–Crippen MR) is 295 cm³/mol. The van der Waals surface area contributed by atoms with Gasteiger partial charge in [-0.1, -0.05) is 182 Å². The summed E-state index contributed by atoms with van der Waals surface area (Å²) >= 11 is 1.80. The molecule has 0 aliphatic heterocycles. The van der Waals surface area contributed by atoms with Crippen molar-refractivity contribution in [2.75, 3.05) is 0 Å². The molecular weight excluding hydrogens is 869 g/mol. The molecule has 4 nitrogen and oxygen atoms in total. The van der Waals surface area contributed by atoms with E-state index in [4.69, 9.17) is 15.0 Å². The van der Waals surface area contributed by atoms with Crippen molar-refractivity contribution in [2.45, 2.75) is 0 Å². The summed E-state index contributed by atoms with van der Waals surface area (Å²) in [6, 6.07) is 87.1. The Hall–Kier alpha value is -9.03. The van der Waals surface area contributed by atoms with E-state index < -0.39 is 0 Å². The lowest BCUT2D eigenvalue weighted by molar-refractivity contribution is 1.07. The lowest BCUT2D eigenvalue weighted by atomic mass is 9.94. The van der Waals surface area contributed by atoms with Gasteiger partial charge in [0.2, 0.25) is 0 Å². The van der Waals surface area contributed by atoms with Crippen molar-refractivity contribution in [1.82, 2.24) is 19.5 Å². The standard InChI is InChI=1S/C65H40N4S/c1-2-16-52(17-3-1)69-59-22-8-6-19-55(59)58-39-48(33-35-60(58)69)41-24-26-43(27-25-41)63-66-64(68-65(67-63)51-32-34-57-56-20-7-9-23-61(56)70-62(57)40-51)50-15-10-14-44(38-50)45-28-29-47-37-49(31-30-46(47)36-45)54-21-11-13-42-12-4-5-18-53(42)54/h1-40H. The first-order valence-corrected chi connectivity index (χ1v) is 24.5. The van der Waals surface area contributed by atoms with Crippen LogP contribution in [0.5, 0.6) is 0 Å². The summed E-state index contributed by atoms with van der Waals surface area (Å²) in [7, 11) is 0. The minimum atomic E-state index is 0.627. The van der Waals surface area contributed by atoms with Crippen molar-refractivity contribution < 1.29 is 0 Å². The Morgan fingerprint density at radius 2 is 0.814 bits per heavy atom.